The average Bonchev–Trinajstić information content (AvgIpc) is 2.42. The van der Waals surface area contributed by atoms with E-state index in [9.17, 15) is 4.79 Å². The second kappa shape index (κ2) is 6.26. The van der Waals surface area contributed by atoms with Gasteiger partial charge in [-0.25, -0.2) is 4.98 Å². The first kappa shape index (κ1) is 15.5. The lowest BCUT2D eigenvalue weighted by Gasteiger charge is -2.10. The molecule has 0 aliphatic heterocycles. The molecular formula is C16H18BrN3O. The molecule has 0 spiro atoms. The molecule has 0 aliphatic carbocycles. The van der Waals surface area contributed by atoms with E-state index in [0.29, 0.717) is 11.4 Å². The number of halogens is 1. The lowest BCUT2D eigenvalue weighted by atomic mass is 10.1. The summed E-state index contributed by atoms with van der Waals surface area (Å²) in [6.07, 6.45) is 0. The molecule has 21 heavy (non-hydrogen) atoms. The summed E-state index contributed by atoms with van der Waals surface area (Å²) in [5.41, 5.74) is 8.92. The van der Waals surface area contributed by atoms with Crippen molar-refractivity contribution in [3.63, 3.8) is 0 Å². The second-order valence-corrected chi connectivity index (χ2v) is 6.13. The number of nitrogens with zero attached hydrogens (tertiary/aromatic N) is 1. The normalized spacial score (nSPS) is 10.7. The third-order valence-electron chi connectivity index (χ3n) is 3.13. The first-order valence-corrected chi connectivity index (χ1v) is 7.51. The molecule has 110 valence electrons. The van der Waals surface area contributed by atoms with E-state index in [1.807, 2.05) is 39.0 Å². The van der Waals surface area contributed by atoms with Gasteiger partial charge in [-0.05, 0) is 48.7 Å². The summed E-state index contributed by atoms with van der Waals surface area (Å²) in [6.45, 7) is 6.00. The lowest BCUT2D eigenvalue weighted by molar-refractivity contribution is 0.102. The number of anilines is 2. The van der Waals surface area contributed by atoms with Crippen LogP contribution in [0.5, 0.6) is 0 Å². The number of nitrogens with two attached hydrogens (primary N) is 1. The number of aryl methyl sites for hydroxylation is 1. The Balaban J connectivity index is 2.25. The van der Waals surface area contributed by atoms with Gasteiger partial charge in [-0.3, -0.25) is 4.79 Å². The molecule has 0 saturated heterocycles. The SMILES string of the molecule is Cc1cc(NC(=O)c2cc(N)nc(C(C)C)c2)ccc1Br. The number of rotatable bonds is 3. The van der Waals surface area contributed by atoms with Crippen LogP contribution in [-0.4, -0.2) is 10.9 Å². The number of nitrogens with one attached hydrogen (secondary N) is 1. The molecule has 1 aromatic carbocycles. The summed E-state index contributed by atoms with van der Waals surface area (Å²) in [5.74, 6) is 0.390. The average molecular weight is 348 g/mol. The molecule has 0 aliphatic rings. The number of carbonyl (C=O) groups is 1. The molecule has 4 nitrogen and oxygen atoms in total. The monoisotopic (exact) mass is 347 g/mol. The molecule has 2 aromatic rings. The van der Waals surface area contributed by atoms with Crippen molar-refractivity contribution in [2.45, 2.75) is 26.7 Å². The number of hydrogen-bond acceptors (Lipinski definition) is 3. The molecule has 1 aromatic heterocycles. The summed E-state index contributed by atoms with van der Waals surface area (Å²) in [7, 11) is 0. The van der Waals surface area contributed by atoms with Gasteiger partial charge in [0.15, 0.2) is 0 Å². The van der Waals surface area contributed by atoms with Crippen molar-refractivity contribution >= 4 is 33.3 Å². The molecule has 0 saturated carbocycles. The van der Waals surface area contributed by atoms with Crippen LogP contribution in [0.4, 0.5) is 11.5 Å². The van der Waals surface area contributed by atoms with Crippen LogP contribution in [0.1, 0.15) is 41.4 Å². The highest BCUT2D eigenvalue weighted by atomic mass is 79.9. The van der Waals surface area contributed by atoms with E-state index < -0.39 is 0 Å². The standard InChI is InChI=1S/C16H18BrN3O/c1-9(2)14-7-11(8-15(18)20-14)16(21)19-12-4-5-13(17)10(3)6-12/h4-9H,1-3H3,(H2,18,20)(H,19,21). The Bertz CT molecular complexity index is 683. The minimum atomic E-state index is -0.187. The molecule has 0 unspecified atom stereocenters. The number of nitrogen functional groups attached to an aromatic ring is 1. The van der Waals surface area contributed by atoms with E-state index in [1.165, 1.54) is 0 Å². The van der Waals surface area contributed by atoms with Crippen molar-refractivity contribution in [2.75, 3.05) is 11.1 Å². The van der Waals surface area contributed by atoms with Gasteiger partial charge in [0.1, 0.15) is 5.82 Å². The highest BCUT2D eigenvalue weighted by Crippen LogP contribution is 2.21. The summed E-state index contributed by atoms with van der Waals surface area (Å²) in [5, 5.41) is 2.88. The van der Waals surface area contributed by atoms with Gasteiger partial charge in [0.05, 0.1) is 0 Å². The summed E-state index contributed by atoms with van der Waals surface area (Å²) >= 11 is 3.44. The molecule has 0 atom stereocenters. The number of benzene rings is 1. The maximum atomic E-state index is 12.3. The number of amides is 1. The first-order valence-electron chi connectivity index (χ1n) is 6.72. The van der Waals surface area contributed by atoms with E-state index >= 15 is 0 Å². The second-order valence-electron chi connectivity index (χ2n) is 5.28. The van der Waals surface area contributed by atoms with E-state index in [2.05, 4.69) is 26.2 Å². The maximum Gasteiger partial charge on any atom is 0.255 e. The van der Waals surface area contributed by atoms with Crippen molar-refractivity contribution < 1.29 is 4.79 Å². The number of carbonyl (C=O) groups excluding carboxylic acids is 1. The zero-order chi connectivity index (χ0) is 15.6. The van der Waals surface area contributed by atoms with Gasteiger partial charge < -0.3 is 11.1 Å². The van der Waals surface area contributed by atoms with E-state index in [4.69, 9.17) is 5.73 Å². The van der Waals surface area contributed by atoms with Crippen molar-refractivity contribution in [3.05, 3.63) is 51.6 Å². The minimum absolute atomic E-state index is 0.187. The Morgan fingerprint density at radius 3 is 2.62 bits per heavy atom. The van der Waals surface area contributed by atoms with Crippen LogP contribution in [0.2, 0.25) is 0 Å². The fraction of sp³-hybridized carbons (Fsp3) is 0.250. The quantitative estimate of drug-likeness (QED) is 0.877. The van der Waals surface area contributed by atoms with Gasteiger partial charge in [-0.15, -0.1) is 0 Å². The molecule has 3 N–H and O–H groups in total. The Morgan fingerprint density at radius 1 is 1.29 bits per heavy atom. The van der Waals surface area contributed by atoms with Crippen LogP contribution in [-0.2, 0) is 0 Å². The van der Waals surface area contributed by atoms with Gasteiger partial charge in [0.2, 0.25) is 0 Å². The third kappa shape index (κ3) is 3.82. The topological polar surface area (TPSA) is 68.0 Å². The smallest absolute Gasteiger partial charge is 0.255 e. The van der Waals surface area contributed by atoms with Crippen molar-refractivity contribution in [1.82, 2.24) is 4.98 Å². The first-order chi connectivity index (χ1) is 9.86. The molecule has 0 bridgehead atoms. The Hall–Kier alpha value is -1.88. The van der Waals surface area contributed by atoms with E-state index in [-0.39, 0.29) is 11.8 Å². The van der Waals surface area contributed by atoms with Crippen LogP contribution in [0.15, 0.2) is 34.8 Å². The minimum Gasteiger partial charge on any atom is -0.384 e. The van der Waals surface area contributed by atoms with Crippen molar-refractivity contribution in [3.8, 4) is 0 Å². The molecule has 2 rings (SSSR count). The zero-order valence-corrected chi connectivity index (χ0v) is 13.9. The molecular weight excluding hydrogens is 330 g/mol. The van der Waals surface area contributed by atoms with Gasteiger partial charge in [0, 0.05) is 21.4 Å². The maximum absolute atomic E-state index is 12.3. The Kier molecular flexibility index (Phi) is 4.63. The van der Waals surface area contributed by atoms with Crippen LogP contribution >= 0.6 is 15.9 Å². The lowest BCUT2D eigenvalue weighted by Crippen LogP contribution is -2.14. The Morgan fingerprint density at radius 2 is 2.00 bits per heavy atom. The summed E-state index contributed by atoms with van der Waals surface area (Å²) in [6, 6.07) is 9.04. The largest absolute Gasteiger partial charge is 0.384 e. The van der Waals surface area contributed by atoms with Crippen LogP contribution in [0.25, 0.3) is 0 Å². The third-order valence-corrected chi connectivity index (χ3v) is 4.02. The number of aromatic nitrogens is 1. The van der Waals surface area contributed by atoms with Gasteiger partial charge in [-0.1, -0.05) is 29.8 Å². The van der Waals surface area contributed by atoms with Crippen LogP contribution < -0.4 is 11.1 Å². The van der Waals surface area contributed by atoms with Crippen molar-refractivity contribution in [2.24, 2.45) is 0 Å². The predicted molar refractivity (Wildman–Crippen MR) is 89.6 cm³/mol. The highest BCUT2D eigenvalue weighted by molar-refractivity contribution is 9.10. The predicted octanol–water partition coefficient (Wildman–Crippen LogP) is 4.11. The van der Waals surface area contributed by atoms with E-state index in [1.54, 1.807) is 12.1 Å². The summed E-state index contributed by atoms with van der Waals surface area (Å²) in [4.78, 5) is 16.6. The molecule has 0 radical (unpaired) electrons. The van der Waals surface area contributed by atoms with Crippen LogP contribution in [0, 0.1) is 6.92 Å². The molecule has 1 heterocycles. The van der Waals surface area contributed by atoms with E-state index in [0.717, 1.165) is 21.4 Å². The molecule has 5 heteroatoms. The number of pyridine rings is 1. The van der Waals surface area contributed by atoms with Gasteiger partial charge in [0.25, 0.3) is 5.91 Å². The van der Waals surface area contributed by atoms with Crippen molar-refractivity contribution in [1.29, 1.82) is 0 Å². The van der Waals surface area contributed by atoms with Gasteiger partial charge >= 0.3 is 0 Å². The fourth-order valence-electron chi connectivity index (χ4n) is 1.93. The Labute approximate surface area is 132 Å². The zero-order valence-electron chi connectivity index (χ0n) is 12.3. The summed E-state index contributed by atoms with van der Waals surface area (Å²) < 4.78 is 1.01. The molecule has 0 fully saturated rings. The fourth-order valence-corrected chi connectivity index (χ4v) is 2.17. The van der Waals surface area contributed by atoms with Gasteiger partial charge in [-0.2, -0.15) is 0 Å². The molecule has 1 amide bonds. The highest BCUT2D eigenvalue weighted by Gasteiger charge is 2.11. The number of hydrogen-bond donors (Lipinski definition) is 2. The van der Waals surface area contributed by atoms with Crippen LogP contribution in [0.3, 0.4) is 0 Å².